The van der Waals surface area contributed by atoms with Gasteiger partial charge in [0.1, 0.15) is 5.54 Å². The molecule has 0 fully saturated rings. The zero-order valence-corrected chi connectivity index (χ0v) is 12.8. The summed E-state index contributed by atoms with van der Waals surface area (Å²) in [5.74, 6) is -0.0862. The maximum Gasteiger partial charge on any atom is 0.247 e. The third-order valence-electron chi connectivity index (χ3n) is 3.83. The monoisotopic (exact) mass is 282 g/mol. The van der Waals surface area contributed by atoms with Crippen LogP contribution in [0.15, 0.2) is 54.6 Å². The van der Waals surface area contributed by atoms with Crippen LogP contribution in [0.3, 0.4) is 0 Å². The van der Waals surface area contributed by atoms with Crippen LogP contribution in [0.25, 0.3) is 0 Å². The van der Waals surface area contributed by atoms with Crippen LogP contribution in [0.4, 0.5) is 0 Å². The smallest absolute Gasteiger partial charge is 0.247 e. The maximum atomic E-state index is 12.7. The average Bonchev–Trinajstić information content (AvgIpc) is 2.49. The van der Waals surface area contributed by atoms with E-state index in [1.807, 2.05) is 61.5 Å². The Bertz CT molecular complexity index is 620. The average molecular weight is 282 g/mol. The second kappa shape index (κ2) is 6.10. The first-order valence-corrected chi connectivity index (χ1v) is 7.07. The van der Waals surface area contributed by atoms with Gasteiger partial charge in [-0.15, -0.1) is 0 Å². The summed E-state index contributed by atoms with van der Waals surface area (Å²) in [6.07, 6.45) is 0. The van der Waals surface area contributed by atoms with Gasteiger partial charge in [0.2, 0.25) is 5.91 Å². The van der Waals surface area contributed by atoms with Crippen molar-refractivity contribution in [3.8, 4) is 0 Å². The van der Waals surface area contributed by atoms with Gasteiger partial charge in [0.05, 0.1) is 0 Å². The molecular weight excluding hydrogens is 260 g/mol. The maximum absolute atomic E-state index is 12.7. The normalized spacial score (nSPS) is 13.5. The molecule has 0 radical (unpaired) electrons. The number of hydrogen-bond donors (Lipinski definition) is 1. The molecule has 110 valence electrons. The number of carbonyl (C=O) groups excluding carboxylic acids is 1. The molecule has 2 rings (SSSR count). The lowest BCUT2D eigenvalue weighted by Gasteiger charge is -2.30. The molecule has 0 spiro atoms. The topological polar surface area (TPSA) is 46.3 Å². The molecule has 2 aromatic carbocycles. The number of amides is 1. The molecule has 0 saturated carbocycles. The van der Waals surface area contributed by atoms with Crippen molar-refractivity contribution in [3.05, 3.63) is 71.3 Å². The summed E-state index contributed by atoms with van der Waals surface area (Å²) in [6, 6.07) is 17.6. The molecule has 3 nitrogen and oxygen atoms in total. The predicted molar refractivity (Wildman–Crippen MR) is 85.6 cm³/mol. The van der Waals surface area contributed by atoms with Crippen LogP contribution in [-0.4, -0.2) is 17.9 Å². The fourth-order valence-corrected chi connectivity index (χ4v) is 2.42. The van der Waals surface area contributed by atoms with E-state index in [1.54, 1.807) is 18.9 Å². The van der Waals surface area contributed by atoms with Crippen LogP contribution in [0, 0.1) is 6.92 Å². The minimum atomic E-state index is -1.02. The third kappa shape index (κ3) is 3.31. The van der Waals surface area contributed by atoms with Crippen molar-refractivity contribution in [2.24, 2.45) is 5.73 Å². The zero-order chi connectivity index (χ0) is 15.5. The Morgan fingerprint density at radius 1 is 1.10 bits per heavy atom. The van der Waals surface area contributed by atoms with Gasteiger partial charge >= 0.3 is 0 Å². The molecule has 21 heavy (non-hydrogen) atoms. The number of carbonyl (C=O) groups is 1. The highest BCUT2D eigenvalue weighted by molar-refractivity contribution is 5.86. The Labute approximate surface area is 126 Å². The zero-order valence-electron chi connectivity index (χ0n) is 12.8. The van der Waals surface area contributed by atoms with Gasteiger partial charge in [-0.1, -0.05) is 54.6 Å². The minimum absolute atomic E-state index is 0.0862. The molecule has 0 aliphatic heterocycles. The number of nitrogens with two attached hydrogens (primary N) is 1. The SMILES string of the molecule is Cc1ccccc1CN(C)C(=O)C(C)(N)c1ccccc1. The second-order valence-corrected chi connectivity index (χ2v) is 5.66. The first-order valence-electron chi connectivity index (χ1n) is 7.07. The van der Waals surface area contributed by atoms with Gasteiger partial charge in [-0.05, 0) is 30.5 Å². The molecule has 1 amide bonds. The van der Waals surface area contributed by atoms with E-state index >= 15 is 0 Å². The fourth-order valence-electron chi connectivity index (χ4n) is 2.42. The van der Waals surface area contributed by atoms with Gasteiger partial charge in [-0.25, -0.2) is 0 Å². The number of hydrogen-bond acceptors (Lipinski definition) is 2. The molecule has 1 atom stereocenters. The van der Waals surface area contributed by atoms with Crippen molar-refractivity contribution in [2.45, 2.75) is 25.9 Å². The van der Waals surface area contributed by atoms with Crippen LogP contribution in [0.2, 0.25) is 0 Å². The molecule has 3 heteroatoms. The molecule has 2 N–H and O–H groups in total. The molecule has 0 aromatic heterocycles. The number of rotatable bonds is 4. The van der Waals surface area contributed by atoms with Crippen LogP contribution >= 0.6 is 0 Å². The van der Waals surface area contributed by atoms with Gasteiger partial charge in [-0.3, -0.25) is 4.79 Å². The third-order valence-corrected chi connectivity index (χ3v) is 3.83. The van der Waals surface area contributed by atoms with Crippen LogP contribution < -0.4 is 5.73 Å². The molecule has 1 unspecified atom stereocenters. The summed E-state index contributed by atoms with van der Waals surface area (Å²) in [5.41, 5.74) is 8.41. The van der Waals surface area contributed by atoms with Gasteiger partial charge < -0.3 is 10.6 Å². The summed E-state index contributed by atoms with van der Waals surface area (Å²) in [7, 11) is 1.79. The quantitative estimate of drug-likeness (QED) is 0.937. The second-order valence-electron chi connectivity index (χ2n) is 5.66. The summed E-state index contributed by atoms with van der Waals surface area (Å²) >= 11 is 0. The van der Waals surface area contributed by atoms with Crippen molar-refractivity contribution in [1.29, 1.82) is 0 Å². The van der Waals surface area contributed by atoms with E-state index in [4.69, 9.17) is 5.73 Å². The summed E-state index contributed by atoms with van der Waals surface area (Å²) < 4.78 is 0. The van der Waals surface area contributed by atoms with E-state index in [1.165, 1.54) is 5.56 Å². The Hall–Kier alpha value is -2.13. The van der Waals surface area contributed by atoms with Crippen molar-refractivity contribution in [2.75, 3.05) is 7.05 Å². The van der Waals surface area contributed by atoms with Gasteiger partial charge in [0.15, 0.2) is 0 Å². The minimum Gasteiger partial charge on any atom is -0.340 e. The molecule has 0 aliphatic carbocycles. The largest absolute Gasteiger partial charge is 0.340 e. The first-order chi connectivity index (χ1) is 9.93. The summed E-state index contributed by atoms with van der Waals surface area (Å²) in [4.78, 5) is 14.4. The molecule has 0 heterocycles. The van der Waals surface area contributed by atoms with E-state index < -0.39 is 5.54 Å². The number of aryl methyl sites for hydroxylation is 1. The van der Waals surface area contributed by atoms with Crippen molar-refractivity contribution >= 4 is 5.91 Å². The lowest BCUT2D eigenvalue weighted by atomic mass is 9.91. The highest BCUT2D eigenvalue weighted by Gasteiger charge is 2.32. The Balaban J connectivity index is 2.18. The number of likely N-dealkylation sites (N-methyl/N-ethyl adjacent to an activating group) is 1. The lowest BCUT2D eigenvalue weighted by molar-refractivity contribution is -0.136. The van der Waals surface area contributed by atoms with Gasteiger partial charge in [0, 0.05) is 13.6 Å². The predicted octanol–water partition coefficient (Wildman–Crippen LogP) is 2.83. The van der Waals surface area contributed by atoms with Crippen LogP contribution in [0.1, 0.15) is 23.6 Å². The number of benzene rings is 2. The van der Waals surface area contributed by atoms with Crippen molar-refractivity contribution < 1.29 is 4.79 Å². The van der Waals surface area contributed by atoms with Crippen LogP contribution in [0.5, 0.6) is 0 Å². The van der Waals surface area contributed by atoms with E-state index in [2.05, 4.69) is 0 Å². The van der Waals surface area contributed by atoms with E-state index in [9.17, 15) is 4.79 Å². The fraction of sp³-hybridized carbons (Fsp3) is 0.278. The van der Waals surface area contributed by atoms with E-state index in [0.29, 0.717) is 6.54 Å². The van der Waals surface area contributed by atoms with Crippen LogP contribution in [-0.2, 0) is 16.9 Å². The van der Waals surface area contributed by atoms with Crippen molar-refractivity contribution in [1.82, 2.24) is 4.90 Å². The Kier molecular flexibility index (Phi) is 4.43. The Morgan fingerprint density at radius 2 is 1.67 bits per heavy atom. The molecule has 2 aromatic rings. The van der Waals surface area contributed by atoms with Gasteiger partial charge in [-0.2, -0.15) is 0 Å². The highest BCUT2D eigenvalue weighted by atomic mass is 16.2. The van der Waals surface area contributed by atoms with E-state index in [-0.39, 0.29) is 5.91 Å². The summed E-state index contributed by atoms with van der Waals surface area (Å²) in [6.45, 7) is 4.37. The van der Waals surface area contributed by atoms with Crippen molar-refractivity contribution in [3.63, 3.8) is 0 Å². The van der Waals surface area contributed by atoms with E-state index in [0.717, 1.165) is 11.1 Å². The standard InChI is InChI=1S/C18H22N2O/c1-14-9-7-8-10-15(14)13-20(3)17(21)18(2,19)16-11-5-4-6-12-16/h4-12H,13,19H2,1-3H3. The summed E-state index contributed by atoms with van der Waals surface area (Å²) in [5, 5.41) is 0. The lowest BCUT2D eigenvalue weighted by Crippen LogP contribution is -2.49. The first kappa shape index (κ1) is 15.3. The number of nitrogens with zero attached hydrogens (tertiary/aromatic N) is 1. The molecule has 0 saturated heterocycles. The molecular formula is C18H22N2O. The molecule has 0 aliphatic rings. The van der Waals surface area contributed by atoms with Gasteiger partial charge in [0.25, 0.3) is 0 Å². The Morgan fingerprint density at radius 3 is 2.29 bits per heavy atom. The molecule has 0 bridgehead atoms. The highest BCUT2D eigenvalue weighted by Crippen LogP contribution is 2.21.